The highest BCUT2D eigenvalue weighted by molar-refractivity contribution is 5.80. The lowest BCUT2D eigenvalue weighted by molar-refractivity contribution is 0.543. The highest BCUT2D eigenvalue weighted by atomic mass is 15.3. The van der Waals surface area contributed by atoms with E-state index >= 15 is 0 Å². The number of fused-ring (bicyclic) bond motifs is 1. The van der Waals surface area contributed by atoms with Crippen LogP contribution in [0.5, 0.6) is 0 Å². The molecule has 4 heteroatoms. The van der Waals surface area contributed by atoms with E-state index in [1.807, 2.05) is 16.9 Å². The predicted molar refractivity (Wildman–Crippen MR) is 72.1 cm³/mol. The summed E-state index contributed by atoms with van der Waals surface area (Å²) in [6.45, 7) is 2.40. The third-order valence-corrected chi connectivity index (χ3v) is 3.20. The number of aromatic nitrogens is 3. The number of nitrogens with two attached hydrogens (primary N) is 1. The van der Waals surface area contributed by atoms with Crippen molar-refractivity contribution in [3.63, 3.8) is 0 Å². The monoisotopic (exact) mass is 240 g/mol. The van der Waals surface area contributed by atoms with Crippen LogP contribution in [0.2, 0.25) is 0 Å². The summed E-state index contributed by atoms with van der Waals surface area (Å²) in [6.07, 6.45) is 5.91. The molecule has 0 amide bonds. The second-order valence-electron chi connectivity index (χ2n) is 4.38. The van der Waals surface area contributed by atoms with Gasteiger partial charge in [-0.25, -0.2) is 0 Å². The fourth-order valence-electron chi connectivity index (χ4n) is 2.21. The summed E-state index contributed by atoms with van der Waals surface area (Å²) in [7, 11) is 0. The summed E-state index contributed by atoms with van der Waals surface area (Å²) < 4.78 is 4.19. The van der Waals surface area contributed by atoms with Gasteiger partial charge in [0.15, 0.2) is 0 Å². The van der Waals surface area contributed by atoms with E-state index in [4.69, 9.17) is 5.73 Å². The molecular weight excluding hydrogens is 224 g/mol. The Balaban J connectivity index is 1.84. The third kappa shape index (κ3) is 2.02. The van der Waals surface area contributed by atoms with Crippen molar-refractivity contribution in [2.45, 2.75) is 19.6 Å². The molecule has 4 nitrogen and oxygen atoms in total. The lowest BCUT2D eigenvalue weighted by atomic mass is 10.1. The van der Waals surface area contributed by atoms with E-state index in [9.17, 15) is 0 Å². The van der Waals surface area contributed by atoms with Gasteiger partial charge in [0.05, 0.1) is 6.54 Å². The number of aryl methyl sites for hydroxylation is 2. The topological polar surface area (TPSA) is 48.8 Å². The molecule has 0 fully saturated rings. The van der Waals surface area contributed by atoms with Crippen LogP contribution in [0.4, 0.5) is 0 Å². The van der Waals surface area contributed by atoms with Crippen LogP contribution < -0.4 is 5.73 Å². The second-order valence-corrected chi connectivity index (χ2v) is 4.38. The van der Waals surface area contributed by atoms with Crippen molar-refractivity contribution in [1.29, 1.82) is 0 Å². The van der Waals surface area contributed by atoms with Crippen LogP contribution in [0.1, 0.15) is 5.56 Å². The largest absolute Gasteiger partial charge is 0.346 e. The Morgan fingerprint density at radius 3 is 2.83 bits per heavy atom. The molecule has 2 aromatic heterocycles. The van der Waals surface area contributed by atoms with Crippen LogP contribution in [0.15, 0.2) is 48.9 Å². The summed E-state index contributed by atoms with van der Waals surface area (Å²) >= 11 is 0. The first-order chi connectivity index (χ1) is 8.86. The van der Waals surface area contributed by atoms with Crippen molar-refractivity contribution in [2.24, 2.45) is 5.73 Å². The van der Waals surface area contributed by atoms with Crippen LogP contribution in [-0.2, 0) is 19.6 Å². The zero-order valence-corrected chi connectivity index (χ0v) is 10.2. The van der Waals surface area contributed by atoms with Crippen molar-refractivity contribution < 1.29 is 0 Å². The average Bonchev–Trinajstić information content (AvgIpc) is 3.05. The van der Waals surface area contributed by atoms with Gasteiger partial charge in [-0.05, 0) is 35.2 Å². The van der Waals surface area contributed by atoms with Crippen molar-refractivity contribution >= 4 is 10.9 Å². The van der Waals surface area contributed by atoms with Crippen molar-refractivity contribution in [2.75, 3.05) is 0 Å². The van der Waals surface area contributed by atoms with Crippen molar-refractivity contribution in [3.8, 4) is 0 Å². The minimum absolute atomic E-state index is 0.592. The molecular formula is C14H16N4. The van der Waals surface area contributed by atoms with E-state index in [-0.39, 0.29) is 0 Å². The molecule has 2 heterocycles. The molecule has 0 aliphatic carbocycles. The molecule has 0 aliphatic rings. The Morgan fingerprint density at radius 1 is 1.11 bits per heavy atom. The molecule has 0 aliphatic heterocycles. The van der Waals surface area contributed by atoms with Crippen LogP contribution in [0.3, 0.4) is 0 Å². The Hall–Kier alpha value is -2.07. The molecule has 3 rings (SSSR count). The zero-order valence-electron chi connectivity index (χ0n) is 10.2. The fourth-order valence-corrected chi connectivity index (χ4v) is 2.21. The summed E-state index contributed by atoms with van der Waals surface area (Å²) in [5.74, 6) is 0. The highest BCUT2D eigenvalue weighted by Crippen LogP contribution is 2.17. The number of benzene rings is 1. The summed E-state index contributed by atoms with van der Waals surface area (Å²) in [4.78, 5) is 0. The molecule has 2 N–H and O–H groups in total. The number of hydrogen-bond acceptors (Lipinski definition) is 2. The standard InChI is InChI=1S/C14H16N4/c15-11-12-2-3-14-13(10-12)4-7-17(14)8-9-18-6-1-5-16-18/h1-7,10H,8-9,11,15H2. The first-order valence-electron chi connectivity index (χ1n) is 6.12. The predicted octanol–water partition coefficient (Wildman–Crippen LogP) is 2.00. The van der Waals surface area contributed by atoms with Crippen molar-refractivity contribution in [1.82, 2.24) is 14.3 Å². The van der Waals surface area contributed by atoms with Gasteiger partial charge in [-0.3, -0.25) is 4.68 Å². The SMILES string of the molecule is NCc1ccc2c(ccn2CCn2cccn2)c1. The van der Waals surface area contributed by atoms with E-state index in [1.165, 1.54) is 16.5 Å². The van der Waals surface area contributed by atoms with Gasteiger partial charge in [0.25, 0.3) is 0 Å². The van der Waals surface area contributed by atoms with Gasteiger partial charge in [0.1, 0.15) is 0 Å². The Morgan fingerprint density at radius 2 is 2.06 bits per heavy atom. The van der Waals surface area contributed by atoms with E-state index in [1.54, 1.807) is 6.20 Å². The van der Waals surface area contributed by atoms with Gasteiger partial charge < -0.3 is 10.3 Å². The van der Waals surface area contributed by atoms with Gasteiger partial charge in [-0.1, -0.05) is 6.07 Å². The Bertz CT molecular complexity index is 637. The Labute approximate surface area is 106 Å². The number of rotatable bonds is 4. The van der Waals surface area contributed by atoms with E-state index in [2.05, 4.69) is 40.1 Å². The number of nitrogens with zero attached hydrogens (tertiary/aromatic N) is 3. The molecule has 0 saturated heterocycles. The molecule has 0 atom stereocenters. The van der Waals surface area contributed by atoms with Crippen molar-refractivity contribution in [3.05, 3.63) is 54.5 Å². The molecule has 0 bridgehead atoms. The first kappa shape index (κ1) is 11.0. The van der Waals surface area contributed by atoms with Crippen LogP contribution in [0, 0.1) is 0 Å². The summed E-state index contributed by atoms with van der Waals surface area (Å²) in [5, 5.41) is 5.46. The van der Waals surface area contributed by atoms with Crippen LogP contribution in [-0.4, -0.2) is 14.3 Å². The maximum Gasteiger partial charge on any atom is 0.0588 e. The van der Waals surface area contributed by atoms with E-state index in [0.717, 1.165) is 13.1 Å². The molecule has 0 spiro atoms. The second kappa shape index (κ2) is 4.66. The lowest BCUT2D eigenvalue weighted by Crippen LogP contribution is -2.06. The number of hydrogen-bond donors (Lipinski definition) is 1. The smallest absolute Gasteiger partial charge is 0.0588 e. The normalized spacial score (nSPS) is 11.2. The van der Waals surface area contributed by atoms with Gasteiger partial charge in [-0.15, -0.1) is 0 Å². The molecule has 0 saturated carbocycles. The first-order valence-corrected chi connectivity index (χ1v) is 6.12. The van der Waals surface area contributed by atoms with Gasteiger partial charge in [0, 0.05) is 37.2 Å². The molecule has 18 heavy (non-hydrogen) atoms. The maximum atomic E-state index is 5.65. The maximum absolute atomic E-state index is 5.65. The summed E-state index contributed by atoms with van der Waals surface area (Å²) in [6, 6.07) is 10.5. The quantitative estimate of drug-likeness (QED) is 0.758. The molecule has 0 radical (unpaired) electrons. The van der Waals surface area contributed by atoms with Gasteiger partial charge in [-0.2, -0.15) is 5.10 Å². The van der Waals surface area contributed by atoms with Gasteiger partial charge >= 0.3 is 0 Å². The molecule has 1 aromatic carbocycles. The van der Waals surface area contributed by atoms with E-state index < -0.39 is 0 Å². The minimum Gasteiger partial charge on any atom is -0.346 e. The van der Waals surface area contributed by atoms with Crippen LogP contribution in [0.25, 0.3) is 10.9 Å². The molecule has 92 valence electrons. The molecule has 3 aromatic rings. The minimum atomic E-state index is 0.592. The zero-order chi connectivity index (χ0) is 12.4. The average molecular weight is 240 g/mol. The summed E-state index contributed by atoms with van der Waals surface area (Å²) in [5.41, 5.74) is 8.07. The van der Waals surface area contributed by atoms with Crippen LogP contribution >= 0.6 is 0 Å². The van der Waals surface area contributed by atoms with E-state index in [0.29, 0.717) is 6.54 Å². The van der Waals surface area contributed by atoms with Gasteiger partial charge in [0.2, 0.25) is 0 Å². The third-order valence-electron chi connectivity index (χ3n) is 3.20. The lowest BCUT2D eigenvalue weighted by Gasteiger charge is -2.06. The molecule has 0 unspecified atom stereocenters. The Kier molecular flexibility index (Phi) is 2.86. The highest BCUT2D eigenvalue weighted by Gasteiger charge is 2.02. The fraction of sp³-hybridized carbons (Fsp3) is 0.214.